The summed E-state index contributed by atoms with van der Waals surface area (Å²) in [7, 11) is 0. The minimum Gasteiger partial charge on any atom is -0.421 e. The van der Waals surface area contributed by atoms with Crippen LogP contribution < -0.4 is 10.6 Å². The monoisotopic (exact) mass is 459 g/mol. The molecule has 0 spiro atoms. The quantitative estimate of drug-likeness (QED) is 0.607. The van der Waals surface area contributed by atoms with Crippen LogP contribution in [0.25, 0.3) is 11.1 Å². The standard InChI is InChI=1S/C22H23Cl2N5O2/c1-11-5-14(10-29(11)18-9-26-8-17-20(18)31-22(25)27-17)21(30)28-4-3-13-6-15(23)7-16(24)19(13)12(28)2/h6-9,11-12,14H,3-5,10H2,1-2H3,(H2,25,27)/t11-,12+,14?/m1/s1. The molecule has 0 bridgehead atoms. The summed E-state index contributed by atoms with van der Waals surface area (Å²) < 4.78 is 5.61. The highest BCUT2D eigenvalue weighted by Gasteiger charge is 2.40. The number of nitrogens with two attached hydrogens (primary N) is 1. The second-order valence-corrected chi connectivity index (χ2v) is 9.25. The van der Waals surface area contributed by atoms with E-state index in [1.165, 1.54) is 0 Å². The Labute approximate surface area is 190 Å². The Morgan fingerprint density at radius 3 is 2.87 bits per heavy atom. The molecular weight excluding hydrogens is 437 g/mol. The molecule has 0 radical (unpaired) electrons. The third kappa shape index (κ3) is 3.40. The van der Waals surface area contributed by atoms with E-state index in [0.29, 0.717) is 34.2 Å². The highest BCUT2D eigenvalue weighted by molar-refractivity contribution is 6.35. The number of amides is 1. The van der Waals surface area contributed by atoms with E-state index in [0.717, 1.165) is 29.7 Å². The topological polar surface area (TPSA) is 88.5 Å². The number of nitrogens with zero attached hydrogens (tertiary/aromatic N) is 4. The molecular formula is C22H23Cl2N5O2. The maximum absolute atomic E-state index is 13.5. The Morgan fingerprint density at radius 2 is 2.06 bits per heavy atom. The van der Waals surface area contributed by atoms with Crippen molar-refractivity contribution in [3.8, 4) is 0 Å². The van der Waals surface area contributed by atoms with Crippen molar-refractivity contribution in [1.29, 1.82) is 0 Å². The van der Waals surface area contributed by atoms with Crippen LogP contribution in [-0.2, 0) is 11.2 Å². The molecule has 1 unspecified atom stereocenters. The predicted octanol–water partition coefficient (Wildman–Crippen LogP) is 4.47. The summed E-state index contributed by atoms with van der Waals surface area (Å²) in [6, 6.07) is 3.88. The van der Waals surface area contributed by atoms with Crippen molar-refractivity contribution in [1.82, 2.24) is 14.9 Å². The lowest BCUT2D eigenvalue weighted by molar-refractivity contribution is -0.137. The van der Waals surface area contributed by atoms with E-state index >= 15 is 0 Å². The van der Waals surface area contributed by atoms with E-state index < -0.39 is 0 Å². The second-order valence-electron chi connectivity index (χ2n) is 8.41. The summed E-state index contributed by atoms with van der Waals surface area (Å²) in [5.74, 6) is 0.0244. The van der Waals surface area contributed by atoms with Gasteiger partial charge in [-0.3, -0.25) is 9.78 Å². The molecule has 2 aliphatic heterocycles. The third-order valence-electron chi connectivity index (χ3n) is 6.50. The van der Waals surface area contributed by atoms with E-state index in [2.05, 4.69) is 21.8 Å². The number of aromatic nitrogens is 2. The van der Waals surface area contributed by atoms with Gasteiger partial charge in [0.05, 0.1) is 24.4 Å². The molecule has 31 heavy (non-hydrogen) atoms. The minimum atomic E-state index is -0.124. The number of carbonyl (C=O) groups excluding carboxylic acids is 1. The van der Waals surface area contributed by atoms with Gasteiger partial charge >= 0.3 is 0 Å². The van der Waals surface area contributed by atoms with Crippen molar-refractivity contribution in [3.63, 3.8) is 0 Å². The van der Waals surface area contributed by atoms with Gasteiger partial charge in [-0.05, 0) is 49.9 Å². The van der Waals surface area contributed by atoms with Gasteiger partial charge in [0.2, 0.25) is 5.91 Å². The normalized spacial score (nSPS) is 23.4. The SMILES string of the molecule is C[C@@H]1CC(C(=O)N2CCc3cc(Cl)cc(Cl)c3[C@@H]2C)CN1c1cncc2nc(N)oc12. The molecule has 0 saturated carbocycles. The van der Waals surface area contributed by atoms with Gasteiger partial charge in [0.1, 0.15) is 11.2 Å². The largest absolute Gasteiger partial charge is 0.421 e. The molecule has 5 rings (SSSR count). The Kier molecular flexibility index (Phi) is 4.98. The summed E-state index contributed by atoms with van der Waals surface area (Å²) in [6.45, 7) is 5.39. The van der Waals surface area contributed by atoms with Crippen molar-refractivity contribution in [2.24, 2.45) is 5.92 Å². The molecule has 3 atom stereocenters. The number of benzene rings is 1. The Morgan fingerprint density at radius 1 is 1.26 bits per heavy atom. The van der Waals surface area contributed by atoms with E-state index in [-0.39, 0.29) is 29.9 Å². The van der Waals surface area contributed by atoms with Crippen LogP contribution in [0, 0.1) is 5.92 Å². The molecule has 2 N–H and O–H groups in total. The third-order valence-corrected chi connectivity index (χ3v) is 7.03. The van der Waals surface area contributed by atoms with Crippen LogP contribution in [0.15, 0.2) is 28.9 Å². The fourth-order valence-corrected chi connectivity index (χ4v) is 5.74. The maximum Gasteiger partial charge on any atom is 0.293 e. The molecule has 2 aromatic heterocycles. The zero-order chi connectivity index (χ0) is 21.9. The number of hydrogen-bond acceptors (Lipinski definition) is 6. The van der Waals surface area contributed by atoms with Crippen LogP contribution >= 0.6 is 23.2 Å². The second kappa shape index (κ2) is 7.57. The van der Waals surface area contributed by atoms with Crippen molar-refractivity contribution < 1.29 is 9.21 Å². The molecule has 9 heteroatoms. The van der Waals surface area contributed by atoms with Crippen LogP contribution in [0.2, 0.25) is 10.0 Å². The van der Waals surface area contributed by atoms with Crippen LogP contribution in [0.5, 0.6) is 0 Å². The lowest BCUT2D eigenvalue weighted by atomic mass is 9.92. The zero-order valence-corrected chi connectivity index (χ0v) is 18.8. The molecule has 1 amide bonds. The fraction of sp³-hybridized carbons (Fsp3) is 0.409. The zero-order valence-electron chi connectivity index (χ0n) is 17.3. The Bertz CT molecular complexity index is 1180. The average molecular weight is 460 g/mol. The molecule has 7 nitrogen and oxygen atoms in total. The molecule has 1 aromatic carbocycles. The lowest BCUT2D eigenvalue weighted by Crippen LogP contribution is -2.43. The summed E-state index contributed by atoms with van der Waals surface area (Å²) >= 11 is 12.7. The Balaban J connectivity index is 1.40. The van der Waals surface area contributed by atoms with Crippen molar-refractivity contribution in [2.45, 2.75) is 38.8 Å². The number of fused-ring (bicyclic) bond motifs is 2. The van der Waals surface area contributed by atoms with E-state index in [1.54, 1.807) is 18.5 Å². The first-order valence-electron chi connectivity index (χ1n) is 10.4. The maximum atomic E-state index is 13.5. The van der Waals surface area contributed by atoms with Gasteiger partial charge in [-0.15, -0.1) is 0 Å². The number of anilines is 2. The smallest absolute Gasteiger partial charge is 0.293 e. The van der Waals surface area contributed by atoms with Gasteiger partial charge in [0.25, 0.3) is 6.01 Å². The fourth-order valence-electron chi connectivity index (χ4n) is 5.05. The van der Waals surface area contributed by atoms with E-state index in [1.807, 2.05) is 17.9 Å². The number of nitrogen functional groups attached to an aromatic ring is 1. The molecule has 162 valence electrons. The molecule has 4 heterocycles. The number of rotatable bonds is 2. The van der Waals surface area contributed by atoms with Gasteiger partial charge in [0.15, 0.2) is 5.58 Å². The van der Waals surface area contributed by atoms with Crippen molar-refractivity contribution in [3.05, 3.63) is 45.7 Å². The molecule has 0 aliphatic carbocycles. The number of carbonyl (C=O) groups is 1. The Hall–Kier alpha value is -2.51. The molecule has 2 aliphatic rings. The van der Waals surface area contributed by atoms with Gasteiger partial charge in [-0.1, -0.05) is 23.2 Å². The van der Waals surface area contributed by atoms with Crippen LogP contribution in [0.3, 0.4) is 0 Å². The first kappa shape index (κ1) is 20.4. The number of pyridine rings is 1. The molecule has 1 saturated heterocycles. The van der Waals surface area contributed by atoms with Gasteiger partial charge < -0.3 is 20.0 Å². The molecule has 1 fully saturated rings. The number of hydrogen-bond donors (Lipinski definition) is 1. The number of oxazole rings is 1. The lowest BCUT2D eigenvalue weighted by Gasteiger charge is -2.37. The summed E-state index contributed by atoms with van der Waals surface area (Å²) in [6.07, 6.45) is 4.88. The van der Waals surface area contributed by atoms with Gasteiger partial charge in [-0.25, -0.2) is 0 Å². The first-order chi connectivity index (χ1) is 14.8. The van der Waals surface area contributed by atoms with E-state index in [9.17, 15) is 4.79 Å². The van der Waals surface area contributed by atoms with Gasteiger partial charge in [0, 0.05) is 29.2 Å². The van der Waals surface area contributed by atoms with Crippen LogP contribution in [-0.4, -0.2) is 39.9 Å². The average Bonchev–Trinajstić information content (AvgIpc) is 3.28. The van der Waals surface area contributed by atoms with Gasteiger partial charge in [-0.2, -0.15) is 4.98 Å². The molecule has 3 aromatic rings. The first-order valence-corrected chi connectivity index (χ1v) is 11.1. The summed E-state index contributed by atoms with van der Waals surface area (Å²) in [5, 5.41) is 1.25. The highest BCUT2D eigenvalue weighted by atomic mass is 35.5. The number of halogens is 2. The predicted molar refractivity (Wildman–Crippen MR) is 121 cm³/mol. The summed E-state index contributed by atoms with van der Waals surface area (Å²) in [5.41, 5.74) is 9.90. The van der Waals surface area contributed by atoms with Crippen molar-refractivity contribution in [2.75, 3.05) is 23.7 Å². The van der Waals surface area contributed by atoms with E-state index in [4.69, 9.17) is 33.4 Å². The van der Waals surface area contributed by atoms with Crippen molar-refractivity contribution >= 4 is 51.9 Å². The summed E-state index contributed by atoms with van der Waals surface area (Å²) in [4.78, 5) is 26.1. The van der Waals surface area contributed by atoms with Crippen LogP contribution in [0.1, 0.15) is 37.4 Å². The minimum absolute atomic E-state index is 0.0930. The van der Waals surface area contributed by atoms with Crippen LogP contribution in [0.4, 0.5) is 11.7 Å². The highest BCUT2D eigenvalue weighted by Crippen LogP contribution is 2.40.